The number of hydrogen-bond acceptors (Lipinski definition) is 11. The van der Waals surface area contributed by atoms with Crippen molar-refractivity contribution in [3.05, 3.63) is 146 Å². The van der Waals surface area contributed by atoms with Gasteiger partial charge >= 0.3 is 23.9 Å². The SMILES string of the molecule is CC/C=C\C/C=C\C/C=C\C/C=C\C/C=C\CCCCCC(=O)OCC(COC1OC(C(=O)O)C(O)C(O)C1OC(=O)CCCCCC/C=C\C/C=C\C/C=C\C/C=C\CC)OC(=O)CCCCCCC/C=C\C/C=C\C/C=C\CC. The molecule has 0 bridgehead atoms. The molecule has 0 aromatic heterocycles. The Labute approximate surface area is 489 Å². The molecule has 1 saturated heterocycles. The number of carboxylic acids is 1. The molecule has 0 aliphatic carbocycles. The molecular weight excluding hydrogens is 1020 g/mol. The van der Waals surface area contributed by atoms with Gasteiger partial charge in [0.05, 0.1) is 6.61 Å². The summed E-state index contributed by atoms with van der Waals surface area (Å²) >= 11 is 0. The molecule has 3 N–H and O–H groups in total. The zero-order chi connectivity index (χ0) is 58.9. The van der Waals surface area contributed by atoms with Gasteiger partial charge in [-0.25, -0.2) is 4.79 Å². The van der Waals surface area contributed by atoms with Gasteiger partial charge in [-0.1, -0.05) is 205 Å². The zero-order valence-corrected chi connectivity index (χ0v) is 50.0. The fraction of sp³-hybridized carbons (Fsp3) is 0.594. The number of aliphatic carboxylic acids is 1. The first-order valence-electron chi connectivity index (χ1n) is 30.8. The zero-order valence-electron chi connectivity index (χ0n) is 50.0. The number of hydrogen-bond donors (Lipinski definition) is 3. The molecule has 6 unspecified atom stereocenters. The summed E-state index contributed by atoms with van der Waals surface area (Å²) in [5.41, 5.74) is 0. The maximum absolute atomic E-state index is 13.2. The topological polar surface area (TPSA) is 175 Å². The van der Waals surface area contributed by atoms with Crippen molar-refractivity contribution in [2.45, 2.75) is 250 Å². The monoisotopic (exact) mass is 1130 g/mol. The van der Waals surface area contributed by atoms with Crippen LogP contribution in [0.5, 0.6) is 0 Å². The highest BCUT2D eigenvalue weighted by molar-refractivity contribution is 5.74. The number of esters is 3. The third kappa shape index (κ3) is 44.9. The van der Waals surface area contributed by atoms with Crippen molar-refractivity contribution in [2.75, 3.05) is 13.2 Å². The molecule has 0 aromatic carbocycles. The van der Waals surface area contributed by atoms with Crippen LogP contribution in [0.3, 0.4) is 0 Å². The Morgan fingerprint density at radius 2 is 0.741 bits per heavy atom. The van der Waals surface area contributed by atoms with E-state index < -0.39 is 67.3 Å². The van der Waals surface area contributed by atoms with Gasteiger partial charge in [0.1, 0.15) is 18.8 Å². The van der Waals surface area contributed by atoms with Crippen LogP contribution in [0.15, 0.2) is 146 Å². The van der Waals surface area contributed by atoms with Crippen molar-refractivity contribution in [1.82, 2.24) is 0 Å². The standard InChI is InChI=1S/C69H106O12/c1-4-7-10-13-16-19-22-25-28-30-31-33-35-37-40-43-46-49-52-55-61(70)77-58-60(79-62(71)56-53-50-47-44-41-38-34-27-24-21-18-15-12-9-6-3)59-78-69-67(65(74)64(73)66(81-69)68(75)76)80-63(72)57-54-51-48-45-42-39-36-32-29-26-23-20-17-14-11-8-5-2/h7-12,16-21,25-29,31,33-34,36-37,39-40,60,64-67,69,73-74H,4-6,13-15,22-24,30,32,35,38,41-59H2,1-3H3,(H,75,76)/b10-7-,11-8-,12-9-,19-16-,20-17-,21-18-,28-25-,29-26-,33-31-,34-27-,39-36-,40-37-. The number of aliphatic hydroxyl groups is 2. The smallest absolute Gasteiger partial charge is 0.335 e. The fourth-order valence-electron chi connectivity index (χ4n) is 8.28. The van der Waals surface area contributed by atoms with E-state index >= 15 is 0 Å². The second-order valence-electron chi connectivity index (χ2n) is 20.2. The van der Waals surface area contributed by atoms with Crippen LogP contribution in [0.2, 0.25) is 0 Å². The number of rotatable bonds is 50. The third-order valence-electron chi connectivity index (χ3n) is 12.9. The fourth-order valence-corrected chi connectivity index (χ4v) is 8.28. The van der Waals surface area contributed by atoms with E-state index in [0.29, 0.717) is 19.3 Å². The second-order valence-corrected chi connectivity index (χ2v) is 20.2. The Hall–Kier alpha value is -5.40. The molecule has 1 fully saturated rings. The Kier molecular flexibility index (Phi) is 50.1. The molecular formula is C69H106O12. The van der Waals surface area contributed by atoms with Crippen molar-refractivity contribution >= 4 is 23.9 Å². The van der Waals surface area contributed by atoms with Crippen LogP contribution >= 0.6 is 0 Å². The highest BCUT2D eigenvalue weighted by Crippen LogP contribution is 2.26. The van der Waals surface area contributed by atoms with Crippen LogP contribution in [-0.2, 0) is 42.9 Å². The van der Waals surface area contributed by atoms with E-state index in [1.165, 1.54) is 0 Å². The second kappa shape index (κ2) is 55.2. The first-order valence-corrected chi connectivity index (χ1v) is 30.8. The number of carboxylic acid groups (broad SMARTS) is 1. The van der Waals surface area contributed by atoms with Gasteiger partial charge in [0.25, 0.3) is 0 Å². The molecule has 1 aliphatic heterocycles. The molecule has 1 rings (SSSR count). The van der Waals surface area contributed by atoms with Crippen molar-refractivity contribution in [3.63, 3.8) is 0 Å². The number of carbonyl (C=O) groups excluding carboxylic acids is 3. The van der Waals surface area contributed by atoms with E-state index in [1.54, 1.807) is 0 Å². The van der Waals surface area contributed by atoms with Crippen LogP contribution in [0, 0.1) is 0 Å². The summed E-state index contributed by atoms with van der Waals surface area (Å²) in [4.78, 5) is 51.3. The molecule has 0 spiro atoms. The number of aliphatic hydroxyl groups excluding tert-OH is 2. The van der Waals surface area contributed by atoms with Gasteiger partial charge in [0.15, 0.2) is 24.6 Å². The lowest BCUT2D eigenvalue weighted by Crippen LogP contribution is -2.61. The lowest BCUT2D eigenvalue weighted by molar-refractivity contribution is -0.301. The molecule has 0 amide bonds. The molecule has 12 heteroatoms. The van der Waals surface area contributed by atoms with Crippen LogP contribution in [0.4, 0.5) is 0 Å². The summed E-state index contributed by atoms with van der Waals surface area (Å²) in [6.45, 7) is 5.59. The van der Waals surface area contributed by atoms with Gasteiger partial charge in [0, 0.05) is 19.3 Å². The van der Waals surface area contributed by atoms with Gasteiger partial charge in [-0.3, -0.25) is 14.4 Å². The van der Waals surface area contributed by atoms with Gasteiger partial charge in [-0.05, 0) is 135 Å². The van der Waals surface area contributed by atoms with Crippen LogP contribution in [0.1, 0.15) is 213 Å². The largest absolute Gasteiger partial charge is 0.479 e. The van der Waals surface area contributed by atoms with Crippen molar-refractivity contribution < 1.29 is 58.2 Å². The summed E-state index contributed by atoms with van der Waals surface area (Å²) in [7, 11) is 0. The summed E-state index contributed by atoms with van der Waals surface area (Å²) < 4.78 is 28.4. The van der Waals surface area contributed by atoms with E-state index in [9.17, 15) is 34.5 Å². The van der Waals surface area contributed by atoms with Crippen LogP contribution < -0.4 is 0 Å². The van der Waals surface area contributed by atoms with E-state index in [1.807, 2.05) is 0 Å². The third-order valence-corrected chi connectivity index (χ3v) is 12.9. The van der Waals surface area contributed by atoms with Crippen LogP contribution in [-0.4, -0.2) is 89.2 Å². The number of ether oxygens (including phenoxy) is 5. The van der Waals surface area contributed by atoms with E-state index in [4.69, 9.17) is 23.7 Å². The molecule has 12 nitrogen and oxygen atoms in total. The Morgan fingerprint density at radius 3 is 1.14 bits per heavy atom. The first-order chi connectivity index (χ1) is 39.6. The maximum Gasteiger partial charge on any atom is 0.335 e. The highest BCUT2D eigenvalue weighted by Gasteiger charge is 2.50. The minimum Gasteiger partial charge on any atom is -0.479 e. The molecule has 0 aromatic rings. The lowest BCUT2D eigenvalue weighted by atomic mass is 9.98. The summed E-state index contributed by atoms with van der Waals surface area (Å²) in [5, 5.41) is 31.5. The van der Waals surface area contributed by atoms with Gasteiger partial charge in [-0.2, -0.15) is 0 Å². The van der Waals surface area contributed by atoms with E-state index in [-0.39, 0.29) is 25.9 Å². The Balaban J connectivity index is 2.74. The predicted molar refractivity (Wildman–Crippen MR) is 330 cm³/mol. The van der Waals surface area contributed by atoms with Gasteiger partial charge in [-0.15, -0.1) is 0 Å². The molecule has 1 aliphatic rings. The maximum atomic E-state index is 13.2. The molecule has 6 atom stereocenters. The van der Waals surface area contributed by atoms with Gasteiger partial charge < -0.3 is 39.0 Å². The first kappa shape index (κ1) is 73.6. The van der Waals surface area contributed by atoms with Crippen molar-refractivity contribution in [2.24, 2.45) is 0 Å². The predicted octanol–water partition coefficient (Wildman–Crippen LogP) is 16.3. The molecule has 0 radical (unpaired) electrons. The Morgan fingerprint density at radius 1 is 0.407 bits per heavy atom. The highest BCUT2D eigenvalue weighted by atomic mass is 16.7. The number of unbranched alkanes of at least 4 members (excludes halogenated alkanes) is 12. The average molecular weight is 1130 g/mol. The molecule has 454 valence electrons. The summed E-state index contributed by atoms with van der Waals surface area (Å²) in [6, 6.07) is 0. The minimum absolute atomic E-state index is 0.0183. The summed E-state index contributed by atoms with van der Waals surface area (Å²) in [6.07, 6.45) is 66.6. The molecule has 1 heterocycles. The van der Waals surface area contributed by atoms with E-state index in [0.717, 1.165) is 154 Å². The van der Waals surface area contributed by atoms with Crippen molar-refractivity contribution in [1.29, 1.82) is 0 Å². The van der Waals surface area contributed by atoms with Gasteiger partial charge in [0.2, 0.25) is 0 Å². The van der Waals surface area contributed by atoms with Crippen LogP contribution in [0.25, 0.3) is 0 Å². The minimum atomic E-state index is -1.93. The number of carbonyl (C=O) groups is 4. The average Bonchev–Trinajstić information content (AvgIpc) is 3.53. The normalized spacial score (nSPS) is 18.8. The quantitative estimate of drug-likeness (QED) is 0.0228. The Bertz CT molecular complexity index is 1960. The summed E-state index contributed by atoms with van der Waals surface area (Å²) in [5.74, 6) is -3.24. The van der Waals surface area contributed by atoms with E-state index in [2.05, 4.69) is 167 Å². The van der Waals surface area contributed by atoms with Crippen molar-refractivity contribution in [3.8, 4) is 0 Å². The molecule has 81 heavy (non-hydrogen) atoms. The lowest BCUT2D eigenvalue weighted by Gasteiger charge is -2.40. The molecule has 0 saturated carbocycles. The number of allylic oxidation sites excluding steroid dienone is 24.